The van der Waals surface area contributed by atoms with Gasteiger partial charge in [-0.3, -0.25) is 10.1 Å². The fraction of sp³-hybridized carbons (Fsp3) is 0. The molecule has 8 heteroatoms. The van der Waals surface area contributed by atoms with Crippen molar-refractivity contribution in [2.45, 2.75) is 10.2 Å². The van der Waals surface area contributed by atoms with Crippen LogP contribution in [0.4, 0.5) is 5.69 Å². The Kier molecular flexibility index (Phi) is 3.07. The third-order valence-corrected chi connectivity index (χ3v) is 2.68. The first kappa shape index (κ1) is 10.9. The molecule has 6 nitrogen and oxygen atoms in total. The molecule has 2 heterocycles. The SMILES string of the molecule is O=[N+]([O-])c1ccc(Cl)nc1Sc1ncco1. The summed E-state index contributed by atoms with van der Waals surface area (Å²) in [5.74, 6) is 0. The minimum absolute atomic E-state index is 0.132. The first-order valence-electron chi connectivity index (χ1n) is 4.05. The molecule has 2 aromatic rings. The molecule has 0 radical (unpaired) electrons. The number of rotatable bonds is 3. The van der Waals surface area contributed by atoms with Gasteiger partial charge in [0.05, 0.1) is 11.1 Å². The molecule has 0 bridgehead atoms. The van der Waals surface area contributed by atoms with Gasteiger partial charge in [-0.25, -0.2) is 9.97 Å². The molecule has 16 heavy (non-hydrogen) atoms. The van der Waals surface area contributed by atoms with E-state index in [1.165, 1.54) is 24.6 Å². The first-order valence-corrected chi connectivity index (χ1v) is 5.24. The van der Waals surface area contributed by atoms with Crippen molar-refractivity contribution < 1.29 is 9.34 Å². The van der Waals surface area contributed by atoms with Crippen LogP contribution >= 0.6 is 23.4 Å². The Balaban J connectivity index is 2.38. The second-order valence-electron chi connectivity index (χ2n) is 2.62. The minimum Gasteiger partial charge on any atom is -0.440 e. The summed E-state index contributed by atoms with van der Waals surface area (Å²) in [6, 6.07) is 2.65. The smallest absolute Gasteiger partial charge is 0.302 e. The van der Waals surface area contributed by atoms with Gasteiger partial charge in [0.1, 0.15) is 11.4 Å². The number of hydrogen-bond acceptors (Lipinski definition) is 6. The van der Waals surface area contributed by atoms with Gasteiger partial charge < -0.3 is 4.42 Å². The van der Waals surface area contributed by atoms with Crippen molar-refractivity contribution in [1.29, 1.82) is 0 Å². The van der Waals surface area contributed by atoms with Crippen LogP contribution in [0.1, 0.15) is 0 Å². The van der Waals surface area contributed by atoms with Gasteiger partial charge in [0, 0.05) is 6.07 Å². The van der Waals surface area contributed by atoms with E-state index in [-0.39, 0.29) is 21.1 Å². The van der Waals surface area contributed by atoms with Crippen LogP contribution in [0, 0.1) is 10.1 Å². The summed E-state index contributed by atoms with van der Waals surface area (Å²) in [5, 5.41) is 11.3. The van der Waals surface area contributed by atoms with Crippen molar-refractivity contribution in [3.05, 3.63) is 39.9 Å². The van der Waals surface area contributed by atoms with Crippen molar-refractivity contribution in [3.63, 3.8) is 0 Å². The lowest BCUT2D eigenvalue weighted by Gasteiger charge is -1.98. The minimum atomic E-state index is -0.533. The third-order valence-electron chi connectivity index (χ3n) is 1.60. The highest BCUT2D eigenvalue weighted by Crippen LogP contribution is 2.32. The second kappa shape index (κ2) is 4.50. The fourth-order valence-electron chi connectivity index (χ4n) is 0.968. The molecule has 0 fully saturated rings. The summed E-state index contributed by atoms with van der Waals surface area (Å²) >= 11 is 6.61. The molecule has 2 rings (SSSR count). The number of halogens is 1. The zero-order chi connectivity index (χ0) is 11.5. The van der Waals surface area contributed by atoms with E-state index in [1.807, 2.05) is 0 Å². The Morgan fingerprint density at radius 2 is 2.31 bits per heavy atom. The Labute approximate surface area is 98.8 Å². The van der Waals surface area contributed by atoms with Gasteiger partial charge in [-0.1, -0.05) is 11.6 Å². The number of aromatic nitrogens is 2. The maximum Gasteiger partial charge on any atom is 0.302 e. The van der Waals surface area contributed by atoms with Crippen LogP contribution in [-0.2, 0) is 0 Å². The normalized spacial score (nSPS) is 10.3. The molecular weight excluding hydrogens is 254 g/mol. The van der Waals surface area contributed by atoms with Gasteiger partial charge in [-0.15, -0.1) is 0 Å². The van der Waals surface area contributed by atoms with E-state index >= 15 is 0 Å². The van der Waals surface area contributed by atoms with E-state index in [9.17, 15) is 10.1 Å². The van der Waals surface area contributed by atoms with Crippen LogP contribution in [-0.4, -0.2) is 14.9 Å². The van der Waals surface area contributed by atoms with Gasteiger partial charge in [-0.2, -0.15) is 0 Å². The van der Waals surface area contributed by atoms with E-state index in [4.69, 9.17) is 16.0 Å². The molecule has 0 N–H and O–H groups in total. The van der Waals surface area contributed by atoms with Gasteiger partial charge >= 0.3 is 5.69 Å². The first-order chi connectivity index (χ1) is 7.66. The van der Waals surface area contributed by atoms with Gasteiger partial charge in [-0.05, 0) is 17.8 Å². The molecule has 0 saturated carbocycles. The summed E-state index contributed by atoms with van der Waals surface area (Å²) in [6.07, 6.45) is 2.82. The van der Waals surface area contributed by atoms with E-state index in [0.29, 0.717) is 0 Å². The Hall–Kier alpha value is -1.60. The molecule has 82 valence electrons. The molecule has 2 aromatic heterocycles. The molecule has 0 saturated heterocycles. The van der Waals surface area contributed by atoms with Crippen LogP contribution < -0.4 is 0 Å². The molecule has 0 amide bonds. The maximum atomic E-state index is 10.7. The summed E-state index contributed by atoms with van der Waals surface area (Å²) < 4.78 is 4.96. The summed E-state index contributed by atoms with van der Waals surface area (Å²) in [5.41, 5.74) is -0.132. The molecule has 0 unspecified atom stereocenters. The fourth-order valence-corrected chi connectivity index (χ4v) is 1.94. The van der Waals surface area contributed by atoms with Crippen LogP contribution in [0.15, 0.2) is 39.3 Å². The average molecular weight is 258 g/mol. The highest BCUT2D eigenvalue weighted by molar-refractivity contribution is 7.99. The molecular formula is C8H4ClN3O3S. The quantitative estimate of drug-likeness (QED) is 0.478. The summed E-state index contributed by atoms with van der Waals surface area (Å²) in [7, 11) is 0. The van der Waals surface area contributed by atoms with Crippen LogP contribution in [0.2, 0.25) is 5.15 Å². The van der Waals surface area contributed by atoms with Crippen molar-refractivity contribution in [1.82, 2.24) is 9.97 Å². The average Bonchev–Trinajstić information content (AvgIpc) is 2.70. The molecule has 0 aliphatic carbocycles. The standard InChI is InChI=1S/C8H4ClN3O3S/c9-6-2-1-5(12(13)14)7(11-6)16-8-10-3-4-15-8/h1-4H. The highest BCUT2D eigenvalue weighted by atomic mass is 35.5. The lowest BCUT2D eigenvalue weighted by Crippen LogP contribution is -1.93. The van der Waals surface area contributed by atoms with Crippen LogP contribution in [0.5, 0.6) is 0 Å². The van der Waals surface area contributed by atoms with Gasteiger partial charge in [0.25, 0.3) is 5.22 Å². The van der Waals surface area contributed by atoms with Crippen molar-refractivity contribution in [2.24, 2.45) is 0 Å². The largest absolute Gasteiger partial charge is 0.440 e. The maximum absolute atomic E-state index is 10.7. The van der Waals surface area contributed by atoms with Crippen LogP contribution in [0.3, 0.4) is 0 Å². The van der Waals surface area contributed by atoms with Gasteiger partial charge in [0.2, 0.25) is 0 Å². The Morgan fingerprint density at radius 1 is 1.50 bits per heavy atom. The predicted molar refractivity (Wildman–Crippen MR) is 56.5 cm³/mol. The summed E-state index contributed by atoms with van der Waals surface area (Å²) in [4.78, 5) is 17.9. The third kappa shape index (κ3) is 2.31. The zero-order valence-electron chi connectivity index (χ0n) is 7.66. The number of pyridine rings is 1. The van der Waals surface area contributed by atoms with E-state index in [0.717, 1.165) is 11.8 Å². The lowest BCUT2D eigenvalue weighted by atomic mass is 10.4. The second-order valence-corrected chi connectivity index (χ2v) is 3.94. The van der Waals surface area contributed by atoms with Crippen molar-refractivity contribution >= 4 is 29.1 Å². The Morgan fingerprint density at radius 3 is 2.94 bits per heavy atom. The molecule has 0 spiro atoms. The van der Waals surface area contributed by atoms with Crippen molar-refractivity contribution in [3.8, 4) is 0 Å². The molecule has 0 atom stereocenters. The molecule has 0 aromatic carbocycles. The zero-order valence-corrected chi connectivity index (χ0v) is 9.23. The molecule has 0 aliphatic rings. The number of hydrogen-bond donors (Lipinski definition) is 0. The summed E-state index contributed by atoms with van der Waals surface area (Å²) in [6.45, 7) is 0. The topological polar surface area (TPSA) is 82.1 Å². The van der Waals surface area contributed by atoms with Gasteiger partial charge in [0.15, 0.2) is 5.03 Å². The lowest BCUT2D eigenvalue weighted by molar-refractivity contribution is -0.388. The number of nitrogens with zero attached hydrogens (tertiary/aromatic N) is 3. The molecule has 0 aliphatic heterocycles. The van der Waals surface area contributed by atoms with Crippen molar-refractivity contribution in [2.75, 3.05) is 0 Å². The predicted octanol–water partition coefficient (Wildman–Crippen LogP) is 2.78. The monoisotopic (exact) mass is 257 g/mol. The highest BCUT2D eigenvalue weighted by Gasteiger charge is 2.18. The number of oxazole rings is 1. The van der Waals surface area contributed by atoms with E-state index in [2.05, 4.69) is 9.97 Å². The van der Waals surface area contributed by atoms with E-state index in [1.54, 1.807) is 0 Å². The Bertz CT molecular complexity index is 517. The van der Waals surface area contributed by atoms with E-state index < -0.39 is 4.92 Å². The van der Waals surface area contributed by atoms with Crippen LogP contribution in [0.25, 0.3) is 0 Å². The number of nitro groups is 1.